The number of fused-ring (bicyclic) bond motifs is 1. The van der Waals surface area contributed by atoms with Crippen LogP contribution < -0.4 is 4.74 Å². The molecule has 0 spiro atoms. The largest absolute Gasteiger partial charge is 0.462 e. The highest BCUT2D eigenvalue weighted by Gasteiger charge is 2.01. The highest BCUT2D eigenvalue weighted by molar-refractivity contribution is 5.84. The minimum atomic E-state index is 0.859. The Morgan fingerprint density at radius 3 is 3.00 bits per heavy atom. The maximum absolute atomic E-state index is 5.37. The van der Waals surface area contributed by atoms with E-state index in [4.69, 9.17) is 4.74 Å². The number of hydrogen-bond acceptors (Lipinski definition) is 2. The van der Waals surface area contributed by atoms with Crippen LogP contribution in [0.3, 0.4) is 0 Å². The first-order valence-electron chi connectivity index (χ1n) is 3.83. The van der Waals surface area contributed by atoms with Crippen molar-refractivity contribution in [3.8, 4) is 5.75 Å². The molecule has 1 aromatic carbocycles. The third-order valence-electron chi connectivity index (χ3n) is 1.68. The van der Waals surface area contributed by atoms with Crippen LogP contribution in [0.25, 0.3) is 0 Å². The molecular weight excluding hydrogens is 150 g/mol. The summed E-state index contributed by atoms with van der Waals surface area (Å²) in [5.41, 5.74) is 1.90. The molecule has 0 saturated carbocycles. The van der Waals surface area contributed by atoms with Gasteiger partial charge in [0.15, 0.2) is 0 Å². The van der Waals surface area contributed by atoms with Crippen LogP contribution in [0.4, 0.5) is 0 Å². The van der Waals surface area contributed by atoms with Gasteiger partial charge in [0.25, 0.3) is 0 Å². The normalized spacial score (nSPS) is 14.2. The van der Waals surface area contributed by atoms with Gasteiger partial charge >= 0.3 is 0 Å². The molecule has 0 bridgehead atoms. The minimum Gasteiger partial charge on any atom is -0.462 e. The Hall–Kier alpha value is -1.57. The molecule has 0 atom stereocenters. The lowest BCUT2D eigenvalue weighted by Crippen LogP contribution is -1.85. The molecule has 1 heterocycles. The molecule has 0 aliphatic carbocycles. The number of rotatable bonds is 0. The van der Waals surface area contributed by atoms with Crippen LogP contribution >= 0.6 is 0 Å². The summed E-state index contributed by atoms with van der Waals surface area (Å²) in [4.78, 5) is 4.18. The second-order valence-electron chi connectivity index (χ2n) is 2.67. The molecule has 0 radical (unpaired) electrons. The van der Waals surface area contributed by atoms with E-state index in [0.717, 1.165) is 17.0 Å². The summed E-state index contributed by atoms with van der Waals surface area (Å²) in [5.74, 6) is 0.859. The Balaban J connectivity index is 2.48. The lowest BCUT2D eigenvalue weighted by atomic mass is 10.2. The fourth-order valence-corrected chi connectivity index (χ4v) is 1.05. The molecule has 60 valence electrons. The summed E-state index contributed by atoms with van der Waals surface area (Å²) in [6.45, 7) is 1.91. The van der Waals surface area contributed by atoms with E-state index < -0.39 is 0 Å². The molecule has 2 rings (SSSR count). The second kappa shape index (κ2) is 2.81. The Labute approximate surface area is 71.2 Å². The molecule has 0 aromatic heterocycles. The molecule has 0 amide bonds. The number of ether oxygens (including phenoxy) is 1. The Morgan fingerprint density at radius 1 is 1.25 bits per heavy atom. The first-order chi connectivity index (χ1) is 5.86. The molecule has 12 heavy (non-hydrogen) atoms. The van der Waals surface area contributed by atoms with Gasteiger partial charge in [-0.15, -0.1) is 0 Å². The summed E-state index contributed by atoms with van der Waals surface area (Å²) in [6, 6.07) is 7.82. The number of allylic oxidation sites excluding steroid dienone is 1. The van der Waals surface area contributed by atoms with E-state index in [0.29, 0.717) is 0 Å². The number of aliphatic imine (C=N–C) groups is 1. The van der Waals surface area contributed by atoms with Crippen molar-refractivity contribution in [3.05, 3.63) is 41.8 Å². The van der Waals surface area contributed by atoms with Gasteiger partial charge in [-0.1, -0.05) is 12.1 Å². The smallest absolute Gasteiger partial charge is 0.135 e. The molecule has 0 N–H and O–H groups in total. The molecule has 1 aliphatic heterocycles. The predicted molar refractivity (Wildman–Crippen MR) is 48.4 cm³/mol. The van der Waals surface area contributed by atoms with Crippen LogP contribution in [0.5, 0.6) is 5.75 Å². The highest BCUT2D eigenvalue weighted by atomic mass is 16.5. The van der Waals surface area contributed by atoms with Crippen LogP contribution in [0.1, 0.15) is 12.5 Å². The monoisotopic (exact) mass is 159 g/mol. The van der Waals surface area contributed by atoms with Gasteiger partial charge in [0, 0.05) is 11.8 Å². The van der Waals surface area contributed by atoms with Gasteiger partial charge in [-0.2, -0.15) is 0 Å². The standard InChI is InChI=1S/C10H9NO/c1-8-7-12-10-5-3-2-4-9(10)6-11-8/h2-7H,1H3. The van der Waals surface area contributed by atoms with E-state index in [1.807, 2.05) is 37.4 Å². The van der Waals surface area contributed by atoms with Gasteiger partial charge in [0.2, 0.25) is 0 Å². The number of hydrogen-bond donors (Lipinski definition) is 0. The van der Waals surface area contributed by atoms with Crippen molar-refractivity contribution < 1.29 is 4.74 Å². The van der Waals surface area contributed by atoms with Crippen molar-refractivity contribution in [2.75, 3.05) is 0 Å². The maximum Gasteiger partial charge on any atom is 0.135 e. The quantitative estimate of drug-likeness (QED) is 0.569. The highest BCUT2D eigenvalue weighted by Crippen LogP contribution is 2.19. The zero-order valence-corrected chi connectivity index (χ0v) is 6.82. The van der Waals surface area contributed by atoms with E-state index in [1.54, 1.807) is 6.26 Å². The van der Waals surface area contributed by atoms with Gasteiger partial charge in [-0.05, 0) is 19.1 Å². The van der Waals surface area contributed by atoms with Gasteiger partial charge in [0.05, 0.1) is 5.70 Å². The summed E-state index contributed by atoms with van der Waals surface area (Å²) in [5, 5.41) is 0. The fraction of sp³-hybridized carbons (Fsp3) is 0.100. The number of benzene rings is 1. The maximum atomic E-state index is 5.37. The van der Waals surface area contributed by atoms with Crippen LogP contribution in [0.2, 0.25) is 0 Å². The van der Waals surface area contributed by atoms with Gasteiger partial charge in [0.1, 0.15) is 12.0 Å². The summed E-state index contributed by atoms with van der Waals surface area (Å²) in [7, 11) is 0. The van der Waals surface area contributed by atoms with Crippen LogP contribution in [0.15, 0.2) is 41.2 Å². The molecular formula is C10H9NO. The molecule has 0 unspecified atom stereocenters. The predicted octanol–water partition coefficient (Wildman–Crippen LogP) is 2.36. The van der Waals surface area contributed by atoms with Crippen LogP contribution in [-0.4, -0.2) is 6.21 Å². The minimum absolute atomic E-state index is 0.859. The molecule has 0 saturated heterocycles. The van der Waals surface area contributed by atoms with Crippen molar-refractivity contribution in [2.45, 2.75) is 6.92 Å². The fourth-order valence-electron chi connectivity index (χ4n) is 1.05. The number of para-hydroxylation sites is 1. The van der Waals surface area contributed by atoms with E-state index in [9.17, 15) is 0 Å². The van der Waals surface area contributed by atoms with Crippen molar-refractivity contribution in [3.63, 3.8) is 0 Å². The SMILES string of the molecule is CC1=COc2ccccc2C=N1. The van der Waals surface area contributed by atoms with Gasteiger partial charge in [-0.25, -0.2) is 0 Å². The molecule has 1 aromatic rings. The topological polar surface area (TPSA) is 21.6 Å². The van der Waals surface area contributed by atoms with Gasteiger partial charge < -0.3 is 4.74 Å². The summed E-state index contributed by atoms with van der Waals surface area (Å²) < 4.78 is 5.37. The van der Waals surface area contributed by atoms with Gasteiger partial charge in [-0.3, -0.25) is 4.99 Å². The van der Waals surface area contributed by atoms with E-state index in [2.05, 4.69) is 4.99 Å². The van der Waals surface area contributed by atoms with Crippen molar-refractivity contribution >= 4 is 6.21 Å². The average molecular weight is 159 g/mol. The molecule has 0 fully saturated rings. The van der Waals surface area contributed by atoms with Crippen molar-refractivity contribution in [1.82, 2.24) is 0 Å². The molecule has 1 aliphatic rings. The zero-order chi connectivity index (χ0) is 8.39. The first-order valence-corrected chi connectivity index (χ1v) is 3.83. The third-order valence-corrected chi connectivity index (χ3v) is 1.68. The lowest BCUT2D eigenvalue weighted by Gasteiger charge is -2.00. The van der Waals surface area contributed by atoms with Crippen LogP contribution in [-0.2, 0) is 0 Å². The second-order valence-corrected chi connectivity index (χ2v) is 2.67. The number of nitrogens with zero attached hydrogens (tertiary/aromatic N) is 1. The zero-order valence-electron chi connectivity index (χ0n) is 6.82. The van der Waals surface area contributed by atoms with Crippen molar-refractivity contribution in [1.29, 1.82) is 0 Å². The Morgan fingerprint density at radius 2 is 2.08 bits per heavy atom. The Bertz CT molecular complexity index is 353. The summed E-state index contributed by atoms with van der Waals surface area (Å²) >= 11 is 0. The van der Waals surface area contributed by atoms with Crippen molar-refractivity contribution in [2.24, 2.45) is 4.99 Å². The third kappa shape index (κ3) is 1.23. The first kappa shape index (κ1) is 7.10. The average Bonchev–Trinajstić information content (AvgIpc) is 2.29. The Kier molecular flexibility index (Phi) is 1.67. The molecule has 2 nitrogen and oxygen atoms in total. The lowest BCUT2D eigenvalue weighted by molar-refractivity contribution is 0.476. The molecule has 2 heteroatoms. The van der Waals surface area contributed by atoms with Crippen LogP contribution in [0, 0.1) is 0 Å². The van der Waals surface area contributed by atoms with E-state index in [1.165, 1.54) is 0 Å². The van der Waals surface area contributed by atoms with E-state index in [-0.39, 0.29) is 0 Å². The summed E-state index contributed by atoms with van der Waals surface area (Å²) in [6.07, 6.45) is 3.47. The van der Waals surface area contributed by atoms with E-state index >= 15 is 0 Å².